The van der Waals surface area contributed by atoms with Gasteiger partial charge in [0.1, 0.15) is 0 Å². The van der Waals surface area contributed by atoms with Crippen LogP contribution in [0.4, 0.5) is 0 Å². The van der Waals surface area contributed by atoms with Gasteiger partial charge in [0.15, 0.2) is 0 Å². The summed E-state index contributed by atoms with van der Waals surface area (Å²) in [6.07, 6.45) is 6.99. The van der Waals surface area contributed by atoms with Crippen molar-refractivity contribution in [2.75, 3.05) is 7.11 Å². The molecule has 0 aromatic carbocycles. The number of carbonyl (C=O) groups is 1. The summed E-state index contributed by atoms with van der Waals surface area (Å²) in [7, 11) is 1.28. The van der Waals surface area contributed by atoms with Crippen LogP contribution in [0.5, 0.6) is 0 Å². The molecule has 0 saturated carbocycles. The second-order valence-electron chi connectivity index (χ2n) is 4.17. The Morgan fingerprint density at radius 2 is 1.94 bits per heavy atom. The molecule has 0 amide bonds. The van der Waals surface area contributed by atoms with E-state index in [2.05, 4.69) is 4.74 Å². The lowest BCUT2D eigenvalue weighted by Crippen LogP contribution is -2.03. The molecular weight excluding hydrogens is 220 g/mol. The molecule has 0 spiro atoms. The molecule has 100 valence electrons. The van der Waals surface area contributed by atoms with Crippen LogP contribution in [-0.4, -0.2) is 29.4 Å². The Kier molecular flexibility index (Phi) is 9.53. The monoisotopic (exact) mass is 244 g/mol. The van der Waals surface area contributed by atoms with Gasteiger partial charge in [0.05, 0.1) is 25.0 Å². The number of methoxy groups -OCH3 is 1. The number of hydrogen-bond donors (Lipinski definition) is 2. The zero-order valence-electron chi connectivity index (χ0n) is 10.8. The van der Waals surface area contributed by atoms with E-state index >= 15 is 0 Å². The summed E-state index contributed by atoms with van der Waals surface area (Å²) in [5.41, 5.74) is 0. The average Bonchev–Trinajstić information content (AvgIpc) is 2.32. The number of allylic oxidation sites excluding steroid dienone is 1. The molecule has 0 fully saturated rings. The van der Waals surface area contributed by atoms with Crippen molar-refractivity contribution in [3.63, 3.8) is 0 Å². The third-order valence-corrected chi connectivity index (χ3v) is 2.68. The second kappa shape index (κ2) is 10.1. The summed E-state index contributed by atoms with van der Waals surface area (Å²) in [5, 5.41) is 18.7. The van der Waals surface area contributed by atoms with Gasteiger partial charge in [-0.25, -0.2) is 4.79 Å². The fourth-order valence-electron chi connectivity index (χ4n) is 1.51. The first-order valence-electron chi connectivity index (χ1n) is 6.25. The van der Waals surface area contributed by atoms with Gasteiger partial charge in [-0.3, -0.25) is 0 Å². The van der Waals surface area contributed by atoms with Crippen molar-refractivity contribution < 1.29 is 19.7 Å². The van der Waals surface area contributed by atoms with Crippen LogP contribution in [0.2, 0.25) is 0 Å². The predicted molar refractivity (Wildman–Crippen MR) is 66.7 cm³/mol. The lowest BCUT2D eigenvalue weighted by molar-refractivity contribution is -0.135. The van der Waals surface area contributed by atoms with Gasteiger partial charge in [0, 0.05) is 6.42 Å². The van der Waals surface area contributed by atoms with E-state index in [0.29, 0.717) is 6.42 Å². The van der Waals surface area contributed by atoms with Gasteiger partial charge in [-0.1, -0.05) is 26.2 Å². The van der Waals surface area contributed by atoms with E-state index in [1.165, 1.54) is 7.11 Å². The quantitative estimate of drug-likeness (QED) is 0.283. The predicted octanol–water partition coefficient (Wildman–Crippen LogP) is 2.71. The molecule has 17 heavy (non-hydrogen) atoms. The molecule has 0 heterocycles. The van der Waals surface area contributed by atoms with Crippen molar-refractivity contribution in [1.29, 1.82) is 0 Å². The summed E-state index contributed by atoms with van der Waals surface area (Å²) < 4.78 is 4.40. The lowest BCUT2D eigenvalue weighted by Gasteiger charge is -2.06. The Labute approximate surface area is 103 Å². The van der Waals surface area contributed by atoms with Crippen molar-refractivity contribution in [3.8, 4) is 0 Å². The summed E-state index contributed by atoms with van der Waals surface area (Å²) in [5.74, 6) is -0.445. The first-order valence-corrected chi connectivity index (χ1v) is 6.25. The van der Waals surface area contributed by atoms with Crippen molar-refractivity contribution >= 4 is 5.97 Å². The zero-order chi connectivity index (χ0) is 13.1. The van der Waals surface area contributed by atoms with Crippen LogP contribution >= 0.6 is 0 Å². The number of aliphatic hydroxyl groups is 2. The summed E-state index contributed by atoms with van der Waals surface area (Å²) in [4.78, 5) is 10.8. The molecule has 0 aromatic rings. The van der Waals surface area contributed by atoms with Gasteiger partial charge in [-0.2, -0.15) is 0 Å². The van der Waals surface area contributed by atoms with E-state index in [1.54, 1.807) is 0 Å². The Morgan fingerprint density at radius 1 is 1.29 bits per heavy atom. The third-order valence-electron chi connectivity index (χ3n) is 2.68. The summed E-state index contributed by atoms with van der Waals surface area (Å²) >= 11 is 0. The van der Waals surface area contributed by atoms with E-state index < -0.39 is 5.97 Å². The topological polar surface area (TPSA) is 66.8 Å². The number of carbonyl (C=O) groups excluding carboxylic acids is 1. The van der Waals surface area contributed by atoms with Gasteiger partial charge in [-0.15, -0.1) is 0 Å². The minimum absolute atomic E-state index is 0.0745. The van der Waals surface area contributed by atoms with Gasteiger partial charge in [0.25, 0.3) is 0 Å². The fraction of sp³-hybridized carbons (Fsp3) is 0.769. The summed E-state index contributed by atoms with van der Waals surface area (Å²) in [6.45, 7) is 1.97. The maximum absolute atomic E-state index is 10.8. The first-order chi connectivity index (χ1) is 8.10. The highest BCUT2D eigenvalue weighted by molar-refractivity contribution is 5.82. The van der Waals surface area contributed by atoms with Crippen LogP contribution in [0.15, 0.2) is 11.8 Å². The molecule has 0 aromatic heterocycles. The molecule has 0 aliphatic carbocycles. The van der Waals surface area contributed by atoms with E-state index in [4.69, 9.17) is 0 Å². The average molecular weight is 244 g/mol. The molecular formula is C13H24O4. The highest BCUT2D eigenvalue weighted by atomic mass is 16.5. The third kappa shape index (κ3) is 9.87. The van der Waals surface area contributed by atoms with E-state index in [0.717, 1.165) is 44.6 Å². The normalized spacial score (nSPS) is 13.5. The molecule has 2 N–H and O–H groups in total. The molecule has 0 saturated heterocycles. The molecule has 0 bridgehead atoms. The number of unbranched alkanes of at least 4 members (excludes halogenated alkanes) is 3. The number of aliphatic hydroxyl groups excluding tert-OH is 2. The first kappa shape index (κ1) is 16.0. The van der Waals surface area contributed by atoms with Crippen LogP contribution in [0, 0.1) is 0 Å². The smallest absolute Gasteiger partial charge is 0.333 e. The van der Waals surface area contributed by atoms with Gasteiger partial charge in [0.2, 0.25) is 0 Å². The van der Waals surface area contributed by atoms with Crippen molar-refractivity contribution in [3.05, 3.63) is 11.8 Å². The Balaban J connectivity index is 3.45. The lowest BCUT2D eigenvalue weighted by atomic mass is 10.1. The largest absolute Gasteiger partial charge is 0.512 e. The van der Waals surface area contributed by atoms with Crippen LogP contribution < -0.4 is 0 Å². The SMILES string of the molecule is CCC(O)CCCCCCC(O)=CC(=O)OC. The van der Waals surface area contributed by atoms with Gasteiger partial charge in [-0.05, 0) is 19.3 Å². The fourth-order valence-corrected chi connectivity index (χ4v) is 1.51. The Hall–Kier alpha value is -1.03. The molecule has 0 aliphatic rings. The molecule has 1 unspecified atom stereocenters. The van der Waals surface area contributed by atoms with E-state index in [-0.39, 0.29) is 11.9 Å². The molecule has 0 rings (SSSR count). The second-order valence-corrected chi connectivity index (χ2v) is 4.17. The van der Waals surface area contributed by atoms with E-state index in [1.807, 2.05) is 6.92 Å². The molecule has 0 aliphatic heterocycles. The zero-order valence-corrected chi connectivity index (χ0v) is 10.8. The number of ether oxygens (including phenoxy) is 1. The van der Waals surface area contributed by atoms with Crippen LogP contribution in [0.25, 0.3) is 0 Å². The highest BCUT2D eigenvalue weighted by Gasteiger charge is 2.01. The van der Waals surface area contributed by atoms with Gasteiger partial charge < -0.3 is 14.9 Å². The molecule has 1 atom stereocenters. The maximum Gasteiger partial charge on any atom is 0.333 e. The van der Waals surface area contributed by atoms with Gasteiger partial charge >= 0.3 is 5.97 Å². The molecule has 4 nitrogen and oxygen atoms in total. The standard InChI is InChI=1S/C13H24O4/c1-3-11(14)8-6-4-5-7-9-12(15)10-13(16)17-2/h10-11,14-15H,3-9H2,1-2H3. The highest BCUT2D eigenvalue weighted by Crippen LogP contribution is 2.11. The maximum atomic E-state index is 10.8. The van der Waals surface area contributed by atoms with Crippen LogP contribution in [-0.2, 0) is 9.53 Å². The van der Waals surface area contributed by atoms with Crippen molar-refractivity contribution in [1.82, 2.24) is 0 Å². The summed E-state index contributed by atoms with van der Waals surface area (Å²) in [6, 6.07) is 0. The van der Waals surface area contributed by atoms with Crippen molar-refractivity contribution in [2.45, 2.75) is 58.0 Å². The number of hydrogen-bond acceptors (Lipinski definition) is 4. The minimum Gasteiger partial charge on any atom is -0.512 e. The Bertz CT molecular complexity index is 236. The van der Waals surface area contributed by atoms with Crippen LogP contribution in [0.1, 0.15) is 51.9 Å². The van der Waals surface area contributed by atoms with Crippen LogP contribution in [0.3, 0.4) is 0 Å². The number of esters is 1. The van der Waals surface area contributed by atoms with E-state index in [9.17, 15) is 15.0 Å². The Morgan fingerprint density at radius 3 is 2.53 bits per heavy atom. The number of rotatable bonds is 9. The minimum atomic E-state index is -0.520. The molecule has 0 radical (unpaired) electrons. The van der Waals surface area contributed by atoms with Crippen molar-refractivity contribution in [2.24, 2.45) is 0 Å². The molecule has 4 heteroatoms.